The molecule has 0 aliphatic heterocycles. The number of ketones is 1. The number of carboxylic acids is 2. The Morgan fingerprint density at radius 2 is 1.36 bits per heavy atom. The van der Waals surface area contributed by atoms with E-state index in [1.807, 2.05) is 0 Å². The van der Waals surface area contributed by atoms with Gasteiger partial charge in [0.25, 0.3) is 0 Å². The van der Waals surface area contributed by atoms with Crippen molar-refractivity contribution in [2.75, 3.05) is 39.3 Å². The molecule has 1 aliphatic carbocycles. The fourth-order valence-corrected chi connectivity index (χ4v) is 5.37. The molecule has 0 saturated heterocycles. The average Bonchev–Trinajstić information content (AvgIpc) is 3.15. The molecule has 0 unspecified atom stereocenters. The Balaban J connectivity index is 2.15. The van der Waals surface area contributed by atoms with Crippen LogP contribution in [0.25, 0.3) is 11.1 Å². The molecule has 0 atom stereocenters. The second kappa shape index (κ2) is 12.3. The Hall–Kier alpha value is -3.03. The van der Waals surface area contributed by atoms with E-state index in [4.69, 9.17) is 0 Å². The minimum absolute atomic E-state index is 0.0749. The molecular weight excluding hydrogens is 456 g/mol. The van der Waals surface area contributed by atoms with Crippen molar-refractivity contribution in [2.24, 2.45) is 0 Å². The van der Waals surface area contributed by atoms with Crippen molar-refractivity contribution in [1.29, 1.82) is 0 Å². The zero-order valence-corrected chi connectivity index (χ0v) is 21.9. The molecule has 0 saturated carbocycles. The third-order valence-corrected chi connectivity index (χ3v) is 7.37. The number of fused-ring (bicyclic) bond motifs is 3. The maximum Gasteiger partial charge on any atom is 0.336 e. The first-order chi connectivity index (χ1) is 17.3. The number of hydrogen-bond acceptors (Lipinski definition) is 5. The summed E-state index contributed by atoms with van der Waals surface area (Å²) in [6.07, 6.45) is 2.49. The number of rotatable bonds is 14. The largest absolute Gasteiger partial charge is 0.478 e. The first kappa shape index (κ1) is 27.6. The minimum atomic E-state index is -1.10. The number of benzene rings is 2. The van der Waals surface area contributed by atoms with Gasteiger partial charge >= 0.3 is 11.9 Å². The third-order valence-electron chi connectivity index (χ3n) is 7.37. The van der Waals surface area contributed by atoms with Crippen LogP contribution < -0.4 is 0 Å². The molecule has 7 nitrogen and oxygen atoms in total. The van der Waals surface area contributed by atoms with Gasteiger partial charge in [0.05, 0.1) is 11.1 Å². The Labute approximate surface area is 213 Å². The minimum Gasteiger partial charge on any atom is -0.478 e. The topological polar surface area (TPSA) is 98.2 Å². The van der Waals surface area contributed by atoms with Crippen LogP contribution in [0.4, 0.5) is 0 Å². The molecule has 1 aliphatic rings. The van der Waals surface area contributed by atoms with Crippen LogP contribution >= 0.6 is 0 Å². The molecule has 0 fully saturated rings. The van der Waals surface area contributed by atoms with Crippen LogP contribution in [0.5, 0.6) is 0 Å². The maximum atomic E-state index is 13.6. The Bertz CT molecular complexity index is 1130. The van der Waals surface area contributed by atoms with Gasteiger partial charge in [-0.3, -0.25) is 4.79 Å². The third kappa shape index (κ3) is 5.52. The van der Waals surface area contributed by atoms with E-state index in [0.29, 0.717) is 52.6 Å². The van der Waals surface area contributed by atoms with Gasteiger partial charge in [-0.15, -0.1) is 0 Å². The fourth-order valence-electron chi connectivity index (χ4n) is 5.37. The molecule has 0 heterocycles. The second-order valence-electron chi connectivity index (χ2n) is 9.24. The van der Waals surface area contributed by atoms with Gasteiger partial charge in [0.15, 0.2) is 5.78 Å². The van der Waals surface area contributed by atoms with Gasteiger partial charge in [0.1, 0.15) is 0 Å². The molecule has 36 heavy (non-hydrogen) atoms. The standard InChI is InChI=1S/C29H38N2O5/c1-5-30(6-2)16-10-12-19-18-23-25-21(13-9-14-22(25)28(33)34)27(32)26(23)20(24(19)29(35)36)15-11-17-31(7-3)8-4/h9,13-14,18H,5-8,10-12,15-17H2,1-4H3,(H,33,34)(H,35,36). The molecule has 0 radical (unpaired) electrons. The van der Waals surface area contributed by atoms with Gasteiger partial charge in [0.2, 0.25) is 0 Å². The molecule has 3 rings (SSSR count). The first-order valence-electron chi connectivity index (χ1n) is 13.1. The maximum absolute atomic E-state index is 13.6. The van der Waals surface area contributed by atoms with Crippen molar-refractivity contribution in [3.05, 3.63) is 57.6 Å². The van der Waals surface area contributed by atoms with Crippen LogP contribution in [0.15, 0.2) is 24.3 Å². The number of nitrogens with zero attached hydrogens (tertiary/aromatic N) is 2. The second-order valence-corrected chi connectivity index (χ2v) is 9.24. The average molecular weight is 495 g/mol. The van der Waals surface area contributed by atoms with E-state index in [1.165, 1.54) is 6.07 Å². The first-order valence-corrected chi connectivity index (χ1v) is 13.1. The molecule has 0 bridgehead atoms. The SMILES string of the molecule is CCN(CC)CCCc1cc2c(c(CCCN(CC)CC)c1C(=O)O)C(=O)c1cccc(C(=O)O)c1-2. The summed E-state index contributed by atoms with van der Waals surface area (Å²) in [5.74, 6) is -2.41. The highest BCUT2D eigenvalue weighted by molar-refractivity contribution is 6.25. The van der Waals surface area contributed by atoms with Crippen LogP contribution in [-0.4, -0.2) is 77.0 Å². The summed E-state index contributed by atoms with van der Waals surface area (Å²) in [4.78, 5) is 42.7. The van der Waals surface area contributed by atoms with E-state index in [1.54, 1.807) is 18.2 Å². The van der Waals surface area contributed by atoms with Crippen molar-refractivity contribution in [3.63, 3.8) is 0 Å². The highest BCUT2D eigenvalue weighted by Gasteiger charge is 2.35. The van der Waals surface area contributed by atoms with Crippen LogP contribution in [0.1, 0.15) is 88.3 Å². The van der Waals surface area contributed by atoms with E-state index in [-0.39, 0.29) is 16.9 Å². The number of carbonyl (C=O) groups excluding carboxylic acids is 1. The van der Waals surface area contributed by atoms with E-state index in [0.717, 1.165) is 45.7 Å². The summed E-state index contributed by atoms with van der Waals surface area (Å²) in [7, 11) is 0. The van der Waals surface area contributed by atoms with E-state index in [9.17, 15) is 24.6 Å². The van der Waals surface area contributed by atoms with Crippen molar-refractivity contribution in [3.8, 4) is 11.1 Å². The molecule has 0 aromatic heterocycles. The number of hydrogen-bond donors (Lipinski definition) is 2. The number of aryl methyl sites for hydroxylation is 1. The summed E-state index contributed by atoms with van der Waals surface area (Å²) < 4.78 is 0. The molecule has 2 N–H and O–H groups in total. The van der Waals surface area contributed by atoms with Gasteiger partial charge in [-0.1, -0.05) is 39.8 Å². The normalized spacial score (nSPS) is 12.3. The molecule has 0 amide bonds. The van der Waals surface area contributed by atoms with Gasteiger partial charge < -0.3 is 20.0 Å². The van der Waals surface area contributed by atoms with Gasteiger partial charge in [-0.05, 0) is 93.8 Å². The lowest BCUT2D eigenvalue weighted by Gasteiger charge is -2.21. The van der Waals surface area contributed by atoms with Gasteiger partial charge in [-0.2, -0.15) is 0 Å². The van der Waals surface area contributed by atoms with Crippen molar-refractivity contribution >= 4 is 17.7 Å². The number of aromatic carboxylic acids is 2. The number of carboxylic acid groups (broad SMARTS) is 2. The van der Waals surface area contributed by atoms with Crippen LogP contribution in [0.2, 0.25) is 0 Å². The van der Waals surface area contributed by atoms with Crippen molar-refractivity contribution in [1.82, 2.24) is 9.80 Å². The molecule has 194 valence electrons. The fraction of sp³-hybridized carbons (Fsp3) is 0.483. The Morgan fingerprint density at radius 1 is 0.778 bits per heavy atom. The van der Waals surface area contributed by atoms with E-state index < -0.39 is 11.9 Å². The predicted molar refractivity (Wildman–Crippen MR) is 141 cm³/mol. The van der Waals surface area contributed by atoms with Crippen LogP contribution in [-0.2, 0) is 12.8 Å². The lowest BCUT2D eigenvalue weighted by Crippen LogP contribution is -2.25. The van der Waals surface area contributed by atoms with Crippen LogP contribution in [0, 0.1) is 0 Å². The Morgan fingerprint density at radius 3 is 1.89 bits per heavy atom. The summed E-state index contributed by atoms with van der Waals surface area (Å²) >= 11 is 0. The molecular formula is C29H38N2O5. The number of carbonyl (C=O) groups is 3. The summed E-state index contributed by atoms with van der Waals surface area (Å²) in [5.41, 5.74) is 3.19. The highest BCUT2D eigenvalue weighted by Crippen LogP contribution is 2.43. The molecule has 2 aromatic rings. The van der Waals surface area contributed by atoms with E-state index >= 15 is 0 Å². The van der Waals surface area contributed by atoms with Crippen LogP contribution in [0.3, 0.4) is 0 Å². The van der Waals surface area contributed by atoms with E-state index in [2.05, 4.69) is 37.5 Å². The zero-order valence-electron chi connectivity index (χ0n) is 21.9. The smallest absolute Gasteiger partial charge is 0.336 e. The molecule has 7 heteroatoms. The summed E-state index contributed by atoms with van der Waals surface area (Å²) in [5, 5.41) is 20.1. The van der Waals surface area contributed by atoms with Gasteiger partial charge in [-0.25, -0.2) is 9.59 Å². The lowest BCUT2D eigenvalue weighted by atomic mass is 9.86. The zero-order chi connectivity index (χ0) is 26.4. The molecule has 0 spiro atoms. The predicted octanol–water partition coefficient (Wildman–Crippen LogP) is 4.84. The monoisotopic (exact) mass is 494 g/mol. The van der Waals surface area contributed by atoms with Crippen molar-refractivity contribution < 1.29 is 24.6 Å². The summed E-state index contributed by atoms with van der Waals surface area (Å²) in [6.45, 7) is 13.7. The lowest BCUT2D eigenvalue weighted by molar-refractivity contribution is 0.0684. The van der Waals surface area contributed by atoms with Crippen molar-refractivity contribution in [2.45, 2.75) is 53.4 Å². The quantitative estimate of drug-likeness (QED) is 0.331. The summed E-state index contributed by atoms with van der Waals surface area (Å²) in [6, 6.07) is 6.50. The molecule has 2 aromatic carbocycles. The Kier molecular flexibility index (Phi) is 9.40. The highest BCUT2D eigenvalue weighted by atomic mass is 16.4. The van der Waals surface area contributed by atoms with Gasteiger partial charge in [0, 0.05) is 16.7 Å².